The van der Waals surface area contributed by atoms with Crippen LogP contribution in [0.1, 0.15) is 29.8 Å². The fourth-order valence-electron chi connectivity index (χ4n) is 2.05. The topological polar surface area (TPSA) is 64.6 Å². The zero-order valence-corrected chi connectivity index (χ0v) is 11.3. The Balaban J connectivity index is 2.23. The number of esters is 1. The third-order valence-electron chi connectivity index (χ3n) is 3.05. The number of fused-ring (bicyclic) bond motifs is 1. The van der Waals surface area contributed by atoms with Crippen molar-refractivity contribution in [2.75, 3.05) is 13.7 Å². The van der Waals surface area contributed by atoms with Gasteiger partial charge in [-0.2, -0.15) is 0 Å². The summed E-state index contributed by atoms with van der Waals surface area (Å²) in [6, 6.07) is 5.21. The summed E-state index contributed by atoms with van der Waals surface area (Å²) < 4.78 is 10.3. The van der Waals surface area contributed by atoms with E-state index >= 15 is 0 Å². The molecule has 1 N–H and O–H groups in total. The SMILES string of the molecule is COC(=O)C(C)(C)Oc1ccc2c(c1)CCNC2=O. The van der Waals surface area contributed by atoms with Gasteiger partial charge in [0.1, 0.15) is 5.75 Å². The van der Waals surface area contributed by atoms with Crippen molar-refractivity contribution in [3.05, 3.63) is 29.3 Å². The molecular weight excluding hydrogens is 246 g/mol. The Bertz CT molecular complexity index is 522. The van der Waals surface area contributed by atoms with Gasteiger partial charge in [-0.05, 0) is 44.0 Å². The molecule has 1 heterocycles. The maximum atomic E-state index is 11.6. The molecule has 0 atom stereocenters. The zero-order chi connectivity index (χ0) is 14.0. The van der Waals surface area contributed by atoms with E-state index in [4.69, 9.17) is 4.74 Å². The summed E-state index contributed by atoms with van der Waals surface area (Å²) in [5.41, 5.74) is 0.538. The molecule has 1 aromatic rings. The minimum absolute atomic E-state index is 0.0694. The van der Waals surface area contributed by atoms with E-state index in [0.29, 0.717) is 17.9 Å². The molecule has 2 rings (SSSR count). The molecule has 102 valence electrons. The number of carbonyl (C=O) groups excluding carboxylic acids is 2. The van der Waals surface area contributed by atoms with E-state index in [-0.39, 0.29) is 5.91 Å². The molecular formula is C14H17NO4. The fourth-order valence-corrected chi connectivity index (χ4v) is 2.05. The molecule has 0 unspecified atom stereocenters. The highest BCUT2D eigenvalue weighted by Crippen LogP contribution is 2.24. The molecule has 5 heteroatoms. The van der Waals surface area contributed by atoms with E-state index in [0.717, 1.165) is 12.0 Å². The first-order valence-corrected chi connectivity index (χ1v) is 6.12. The van der Waals surface area contributed by atoms with E-state index in [1.54, 1.807) is 32.0 Å². The van der Waals surface area contributed by atoms with Crippen LogP contribution in [0.15, 0.2) is 18.2 Å². The molecule has 0 saturated heterocycles. The Morgan fingerprint density at radius 3 is 2.79 bits per heavy atom. The standard InChI is InChI=1S/C14H17NO4/c1-14(2,13(17)18-3)19-10-4-5-11-9(8-10)6-7-15-12(11)16/h4-5,8H,6-7H2,1-3H3,(H,15,16). The average Bonchev–Trinajstić information content (AvgIpc) is 2.37. The first-order chi connectivity index (χ1) is 8.94. The van der Waals surface area contributed by atoms with Gasteiger partial charge in [-0.15, -0.1) is 0 Å². The molecule has 0 radical (unpaired) electrons. The van der Waals surface area contributed by atoms with Crippen molar-refractivity contribution in [2.24, 2.45) is 0 Å². The van der Waals surface area contributed by atoms with Crippen molar-refractivity contribution in [1.29, 1.82) is 0 Å². The van der Waals surface area contributed by atoms with Crippen molar-refractivity contribution < 1.29 is 19.1 Å². The Labute approximate surface area is 111 Å². The molecule has 0 aromatic heterocycles. The number of ether oxygens (including phenoxy) is 2. The highest BCUT2D eigenvalue weighted by Gasteiger charge is 2.31. The molecule has 0 saturated carbocycles. The third-order valence-corrected chi connectivity index (χ3v) is 3.05. The van der Waals surface area contributed by atoms with Gasteiger partial charge in [0.05, 0.1) is 7.11 Å². The van der Waals surface area contributed by atoms with Gasteiger partial charge in [-0.3, -0.25) is 4.79 Å². The molecule has 19 heavy (non-hydrogen) atoms. The number of methoxy groups -OCH3 is 1. The predicted molar refractivity (Wildman–Crippen MR) is 69.2 cm³/mol. The van der Waals surface area contributed by atoms with Gasteiger partial charge in [0.15, 0.2) is 5.60 Å². The molecule has 5 nitrogen and oxygen atoms in total. The van der Waals surface area contributed by atoms with E-state index in [9.17, 15) is 9.59 Å². The summed E-state index contributed by atoms with van der Waals surface area (Å²) in [4.78, 5) is 23.2. The second-order valence-electron chi connectivity index (χ2n) is 4.93. The fraction of sp³-hybridized carbons (Fsp3) is 0.429. The van der Waals surface area contributed by atoms with Gasteiger partial charge >= 0.3 is 5.97 Å². The number of hydrogen-bond acceptors (Lipinski definition) is 4. The number of carbonyl (C=O) groups is 2. The molecule has 0 spiro atoms. The highest BCUT2D eigenvalue weighted by atomic mass is 16.6. The Hall–Kier alpha value is -2.04. The van der Waals surface area contributed by atoms with Gasteiger partial charge in [-0.1, -0.05) is 0 Å². The Morgan fingerprint density at radius 1 is 1.37 bits per heavy atom. The number of amides is 1. The lowest BCUT2D eigenvalue weighted by Crippen LogP contribution is -2.39. The maximum absolute atomic E-state index is 11.6. The molecule has 1 aromatic carbocycles. The third kappa shape index (κ3) is 2.70. The Kier molecular flexibility index (Phi) is 3.46. The second-order valence-corrected chi connectivity index (χ2v) is 4.93. The molecule has 1 amide bonds. The first-order valence-electron chi connectivity index (χ1n) is 6.12. The van der Waals surface area contributed by atoms with E-state index in [1.165, 1.54) is 7.11 Å². The van der Waals surface area contributed by atoms with Crippen LogP contribution in [0, 0.1) is 0 Å². The van der Waals surface area contributed by atoms with Crippen LogP contribution >= 0.6 is 0 Å². The van der Waals surface area contributed by atoms with E-state index in [1.807, 2.05) is 0 Å². The average molecular weight is 263 g/mol. The van der Waals surface area contributed by atoms with Crippen LogP contribution in [0.4, 0.5) is 0 Å². The molecule has 1 aliphatic heterocycles. The Morgan fingerprint density at radius 2 is 2.11 bits per heavy atom. The minimum Gasteiger partial charge on any atom is -0.476 e. The number of rotatable bonds is 3. The molecule has 1 aliphatic rings. The van der Waals surface area contributed by atoms with E-state index in [2.05, 4.69) is 10.1 Å². The highest BCUT2D eigenvalue weighted by molar-refractivity contribution is 5.96. The van der Waals surface area contributed by atoms with Crippen LogP contribution in [-0.2, 0) is 16.0 Å². The largest absolute Gasteiger partial charge is 0.476 e. The van der Waals surface area contributed by atoms with Crippen LogP contribution < -0.4 is 10.1 Å². The van der Waals surface area contributed by atoms with Gasteiger partial charge < -0.3 is 14.8 Å². The summed E-state index contributed by atoms with van der Waals surface area (Å²) in [6.07, 6.45) is 0.761. The summed E-state index contributed by atoms with van der Waals surface area (Å²) in [6.45, 7) is 3.91. The molecule has 0 bridgehead atoms. The maximum Gasteiger partial charge on any atom is 0.349 e. The first kappa shape index (κ1) is 13.4. The second kappa shape index (κ2) is 4.91. The van der Waals surface area contributed by atoms with Crippen LogP contribution in [0.2, 0.25) is 0 Å². The quantitative estimate of drug-likeness (QED) is 0.835. The van der Waals surface area contributed by atoms with Crippen LogP contribution in [0.25, 0.3) is 0 Å². The van der Waals surface area contributed by atoms with Crippen molar-refractivity contribution in [3.8, 4) is 5.75 Å². The normalized spacial score (nSPS) is 14.4. The van der Waals surface area contributed by atoms with Crippen molar-refractivity contribution in [2.45, 2.75) is 25.9 Å². The van der Waals surface area contributed by atoms with E-state index < -0.39 is 11.6 Å². The van der Waals surface area contributed by atoms with Crippen molar-refractivity contribution in [3.63, 3.8) is 0 Å². The number of benzene rings is 1. The van der Waals surface area contributed by atoms with Crippen molar-refractivity contribution >= 4 is 11.9 Å². The zero-order valence-electron chi connectivity index (χ0n) is 11.3. The predicted octanol–water partition coefficient (Wildman–Crippen LogP) is 1.30. The number of nitrogens with one attached hydrogen (secondary N) is 1. The molecule has 0 fully saturated rings. The summed E-state index contributed by atoms with van der Waals surface area (Å²) in [5, 5.41) is 2.78. The number of hydrogen-bond donors (Lipinski definition) is 1. The lowest BCUT2D eigenvalue weighted by Gasteiger charge is -2.24. The lowest BCUT2D eigenvalue weighted by molar-refractivity contribution is -0.156. The van der Waals surface area contributed by atoms with Crippen LogP contribution in [0.3, 0.4) is 0 Å². The van der Waals surface area contributed by atoms with Crippen LogP contribution in [0.5, 0.6) is 5.75 Å². The summed E-state index contributed by atoms with van der Waals surface area (Å²) >= 11 is 0. The van der Waals surface area contributed by atoms with Gasteiger partial charge in [-0.25, -0.2) is 4.79 Å². The minimum atomic E-state index is -1.06. The molecule has 0 aliphatic carbocycles. The van der Waals surface area contributed by atoms with Gasteiger partial charge in [0.2, 0.25) is 0 Å². The lowest BCUT2D eigenvalue weighted by atomic mass is 10.00. The monoisotopic (exact) mass is 263 g/mol. The van der Waals surface area contributed by atoms with Crippen LogP contribution in [-0.4, -0.2) is 31.1 Å². The summed E-state index contributed by atoms with van der Waals surface area (Å²) in [5.74, 6) is 0.0480. The summed E-state index contributed by atoms with van der Waals surface area (Å²) in [7, 11) is 1.32. The van der Waals surface area contributed by atoms with Gasteiger partial charge in [0.25, 0.3) is 5.91 Å². The van der Waals surface area contributed by atoms with Gasteiger partial charge in [0, 0.05) is 12.1 Å². The smallest absolute Gasteiger partial charge is 0.349 e. The van der Waals surface area contributed by atoms with Crippen molar-refractivity contribution in [1.82, 2.24) is 5.32 Å².